The van der Waals surface area contributed by atoms with E-state index in [1.165, 1.54) is 0 Å². The molecule has 4 aliphatic heterocycles. The number of fused-ring (bicyclic) bond motifs is 2. The Labute approximate surface area is 394 Å². The van der Waals surface area contributed by atoms with Gasteiger partial charge in [0, 0.05) is 106 Å². The zero-order chi connectivity index (χ0) is 45.9. The number of aromatic nitrogens is 8. The zero-order valence-electron chi connectivity index (χ0n) is 37.2. The fraction of sp³-hybridized carbons (Fsp3) is 0.511. The highest BCUT2D eigenvalue weighted by Crippen LogP contribution is 2.34. The zero-order valence-corrected chi connectivity index (χ0v) is 39.5. The van der Waals surface area contributed by atoms with Crippen LogP contribution in [0.2, 0.25) is 0 Å². The van der Waals surface area contributed by atoms with E-state index in [2.05, 4.69) is 95.8 Å². The standard InChI is InChI=1S/C22H28N6O.C21H26N6O.CH3ClO2S.CH4.O2S/c1-15-14-29-12-11-28(15)20-13-19(16-5-9-27(2)10-6-16)25-22(26-20)18-4-8-24-21-17(18)3-7-23-21;1-14-13-28-11-10-27(14)19-12-18(15-2-6-22-7-3-15)25-21(26-19)17-5-9-24-20-16(17)4-8-23-20;1-5(2,3)4;;1-3-2/h3-4,7-8,13,15-16H,5-6,9-12,14H2,1-2H3,(H,23,24);4-5,8-9,12,14-15,22H,2-3,6-7,10-11,13H2,1H3,(H,23,24);1H3;1H4;/t15-;14-;;;/m11.../s1. The topological polar surface area (TPSA) is 217 Å². The minimum Gasteiger partial charge on any atom is -0.377 e. The second-order valence-corrected chi connectivity index (χ2v) is 19.9. The Balaban J connectivity index is 0.000000186. The molecule has 2 atom stereocenters. The van der Waals surface area contributed by atoms with Crippen LogP contribution in [-0.2, 0) is 30.1 Å². The first-order valence-electron chi connectivity index (χ1n) is 21.9. The van der Waals surface area contributed by atoms with Crippen molar-refractivity contribution in [1.29, 1.82) is 0 Å². The summed E-state index contributed by atoms with van der Waals surface area (Å²) in [4.78, 5) is 42.5. The smallest absolute Gasteiger partial charge is 0.335 e. The van der Waals surface area contributed by atoms with Crippen LogP contribution in [0.3, 0.4) is 0 Å². The van der Waals surface area contributed by atoms with E-state index in [9.17, 15) is 8.42 Å². The molecule has 0 unspecified atom stereocenters. The first-order chi connectivity index (χ1) is 31.4. The molecular weight excluding hydrogens is 904 g/mol. The monoisotopic (exact) mass is 964 g/mol. The van der Waals surface area contributed by atoms with Crippen LogP contribution in [-0.4, -0.2) is 153 Å². The van der Waals surface area contributed by atoms with E-state index in [0.717, 1.165) is 166 Å². The van der Waals surface area contributed by atoms with Gasteiger partial charge in [0.15, 0.2) is 11.6 Å². The molecule has 6 aromatic heterocycles. The largest absolute Gasteiger partial charge is 0.377 e. The van der Waals surface area contributed by atoms with Gasteiger partial charge in [0.05, 0.1) is 44.8 Å². The van der Waals surface area contributed by atoms with E-state index in [0.29, 0.717) is 23.9 Å². The molecule has 6 aromatic rings. The van der Waals surface area contributed by atoms with Crippen LogP contribution in [0.4, 0.5) is 11.6 Å². The minimum absolute atomic E-state index is 0. The first-order valence-corrected chi connectivity index (χ1v) is 25.3. The lowest BCUT2D eigenvalue weighted by Crippen LogP contribution is -2.44. The van der Waals surface area contributed by atoms with E-state index in [4.69, 9.17) is 37.8 Å². The summed E-state index contributed by atoms with van der Waals surface area (Å²) < 4.78 is 46.7. The molecule has 0 spiro atoms. The molecule has 0 aromatic carbocycles. The number of nitrogens with zero attached hydrogens (tertiary/aromatic N) is 9. The number of anilines is 2. The van der Waals surface area contributed by atoms with Gasteiger partial charge in [-0.25, -0.2) is 38.3 Å². The maximum absolute atomic E-state index is 9.40. The number of ether oxygens (including phenoxy) is 2. The molecule has 0 saturated carbocycles. The van der Waals surface area contributed by atoms with Gasteiger partial charge in [-0.1, -0.05) is 7.43 Å². The number of hydrogen-bond donors (Lipinski definition) is 3. The molecule has 10 rings (SSSR count). The Hall–Kier alpha value is -4.96. The second-order valence-electron chi connectivity index (χ2n) is 16.7. The van der Waals surface area contributed by atoms with E-state index in [1.54, 1.807) is 0 Å². The van der Waals surface area contributed by atoms with Gasteiger partial charge < -0.3 is 39.5 Å². The summed E-state index contributed by atoms with van der Waals surface area (Å²) in [6.45, 7) is 13.4. The number of piperidine rings is 2. The molecule has 21 heteroatoms. The minimum atomic E-state index is -3.19. The number of morpholine rings is 2. The molecule has 4 aliphatic rings. The normalized spacial score (nSPS) is 19.7. The third kappa shape index (κ3) is 13.1. The predicted octanol–water partition coefficient (Wildman–Crippen LogP) is 5.92. The number of hydrogen-bond acceptors (Lipinski definition) is 16. The van der Waals surface area contributed by atoms with Crippen molar-refractivity contribution in [3.63, 3.8) is 0 Å². The predicted molar refractivity (Wildman–Crippen MR) is 260 cm³/mol. The Bertz CT molecular complexity index is 2640. The molecule has 356 valence electrons. The number of pyridine rings is 2. The molecule has 0 radical (unpaired) electrons. The van der Waals surface area contributed by atoms with Gasteiger partial charge in [-0.2, -0.15) is 8.42 Å². The average Bonchev–Trinajstić information content (AvgIpc) is 4.00. The van der Waals surface area contributed by atoms with Gasteiger partial charge in [0.1, 0.15) is 22.9 Å². The number of nitrogens with one attached hydrogen (secondary N) is 3. The quantitative estimate of drug-likeness (QED) is 0.165. The van der Waals surface area contributed by atoms with E-state index in [-0.39, 0.29) is 7.43 Å². The molecule has 0 bridgehead atoms. The van der Waals surface area contributed by atoms with Crippen molar-refractivity contribution >= 4 is 65.0 Å². The van der Waals surface area contributed by atoms with Gasteiger partial charge in [-0.3, -0.25) is 0 Å². The summed E-state index contributed by atoms with van der Waals surface area (Å²) >= 11 is -0.750. The lowest BCUT2D eigenvalue weighted by Gasteiger charge is -2.35. The average molecular weight is 966 g/mol. The molecular formula is C45H61ClN12O6S2. The van der Waals surface area contributed by atoms with E-state index in [1.807, 2.05) is 36.9 Å². The maximum Gasteiger partial charge on any atom is 0.335 e. The Kier molecular flexibility index (Phi) is 18.1. The fourth-order valence-corrected chi connectivity index (χ4v) is 8.73. The first kappa shape index (κ1) is 50.5. The summed E-state index contributed by atoms with van der Waals surface area (Å²) in [6, 6.07) is 13.2. The highest BCUT2D eigenvalue weighted by atomic mass is 35.7. The van der Waals surface area contributed by atoms with Crippen LogP contribution in [0.1, 0.15) is 70.2 Å². The molecule has 0 aliphatic carbocycles. The Morgan fingerprint density at radius 1 is 0.697 bits per heavy atom. The maximum atomic E-state index is 9.40. The summed E-state index contributed by atoms with van der Waals surface area (Å²) in [5.41, 5.74) is 6.13. The van der Waals surface area contributed by atoms with Crippen molar-refractivity contribution in [2.45, 2.75) is 70.9 Å². The van der Waals surface area contributed by atoms with Crippen LogP contribution in [0, 0.1) is 0 Å². The fourth-order valence-electron chi connectivity index (χ4n) is 8.73. The van der Waals surface area contributed by atoms with Gasteiger partial charge in [-0.15, -0.1) is 0 Å². The number of H-pyrrole nitrogens is 2. The number of halogens is 1. The van der Waals surface area contributed by atoms with Crippen LogP contribution >= 0.6 is 10.7 Å². The Morgan fingerprint density at radius 3 is 1.55 bits per heavy atom. The Morgan fingerprint density at radius 2 is 1.12 bits per heavy atom. The molecule has 0 amide bonds. The van der Waals surface area contributed by atoms with Crippen LogP contribution in [0.5, 0.6) is 0 Å². The molecule has 3 N–H and O–H groups in total. The number of rotatable bonds is 6. The third-order valence-electron chi connectivity index (χ3n) is 12.1. The van der Waals surface area contributed by atoms with Crippen molar-refractivity contribution in [2.75, 3.05) is 88.8 Å². The van der Waals surface area contributed by atoms with Crippen LogP contribution in [0.15, 0.2) is 61.2 Å². The summed E-state index contributed by atoms with van der Waals surface area (Å²) in [5, 5.41) is 5.58. The van der Waals surface area contributed by atoms with E-state index >= 15 is 0 Å². The third-order valence-corrected chi connectivity index (χ3v) is 12.1. The SMILES string of the molecule is C.CS(=O)(=O)Cl.C[C@@H]1COCCN1c1cc(C2CCN(C)CC2)nc(-c2ccnc3[nH]ccc23)n1.C[C@@H]1COCCN1c1cc(C2CCNCC2)nc(-c2ccnc3[nH]ccc23)n1.O=S=O. The highest BCUT2D eigenvalue weighted by Gasteiger charge is 2.27. The summed E-state index contributed by atoms with van der Waals surface area (Å²) in [5.74, 6) is 4.56. The van der Waals surface area contributed by atoms with Gasteiger partial charge in [-0.05, 0) is 97.0 Å². The number of likely N-dealkylation sites (tertiary alicyclic amines) is 1. The van der Waals surface area contributed by atoms with Crippen molar-refractivity contribution in [1.82, 2.24) is 50.1 Å². The van der Waals surface area contributed by atoms with Crippen molar-refractivity contribution in [3.05, 3.63) is 72.6 Å². The highest BCUT2D eigenvalue weighted by molar-refractivity contribution is 8.13. The van der Waals surface area contributed by atoms with Gasteiger partial charge in [0.2, 0.25) is 9.05 Å². The summed E-state index contributed by atoms with van der Waals surface area (Å²) in [7, 11) is 3.50. The lowest BCUT2D eigenvalue weighted by molar-refractivity contribution is 0.0985. The van der Waals surface area contributed by atoms with E-state index < -0.39 is 20.6 Å². The van der Waals surface area contributed by atoms with Crippen molar-refractivity contribution in [3.8, 4) is 22.8 Å². The second kappa shape index (κ2) is 23.7. The van der Waals surface area contributed by atoms with Crippen LogP contribution in [0.25, 0.3) is 44.8 Å². The molecule has 4 fully saturated rings. The molecule has 18 nitrogen and oxygen atoms in total. The molecule has 66 heavy (non-hydrogen) atoms. The van der Waals surface area contributed by atoms with Crippen molar-refractivity contribution < 1.29 is 26.3 Å². The van der Waals surface area contributed by atoms with Gasteiger partial charge in [0.25, 0.3) is 0 Å². The van der Waals surface area contributed by atoms with Crippen molar-refractivity contribution in [2.24, 2.45) is 0 Å². The summed E-state index contributed by atoms with van der Waals surface area (Å²) in [6.07, 6.45) is 12.9. The van der Waals surface area contributed by atoms with Gasteiger partial charge >= 0.3 is 11.6 Å². The van der Waals surface area contributed by atoms with Crippen LogP contribution < -0.4 is 15.1 Å². The molecule has 10 heterocycles. The lowest BCUT2D eigenvalue weighted by atomic mass is 9.93. The molecule has 4 saturated heterocycles. The number of aromatic amines is 2.